The molecule has 3 nitrogen and oxygen atoms in total. The zero-order valence-corrected chi connectivity index (χ0v) is 12.4. The Hall–Kier alpha value is -1.68. The van der Waals surface area contributed by atoms with E-state index in [0.717, 1.165) is 15.7 Å². The molecule has 100 valence electrons. The summed E-state index contributed by atoms with van der Waals surface area (Å²) in [5, 5.41) is 22.7. The van der Waals surface area contributed by atoms with Crippen molar-refractivity contribution in [3.05, 3.63) is 52.0 Å². The van der Waals surface area contributed by atoms with Crippen molar-refractivity contribution < 1.29 is 10.2 Å². The van der Waals surface area contributed by atoms with Gasteiger partial charge in [-0.1, -0.05) is 15.9 Å². The second-order valence-electron chi connectivity index (χ2n) is 4.57. The number of aromatic hydroxyl groups is 2. The van der Waals surface area contributed by atoms with Crippen LogP contribution in [0, 0.1) is 6.92 Å². The van der Waals surface area contributed by atoms with Crippen molar-refractivity contribution in [3.8, 4) is 11.5 Å². The average molecular weight is 322 g/mol. The van der Waals surface area contributed by atoms with Crippen molar-refractivity contribution in [2.45, 2.75) is 19.9 Å². The van der Waals surface area contributed by atoms with Gasteiger partial charge in [-0.25, -0.2) is 0 Å². The molecule has 0 aromatic heterocycles. The van der Waals surface area contributed by atoms with E-state index in [0.29, 0.717) is 5.56 Å². The molecule has 0 spiro atoms. The lowest BCUT2D eigenvalue weighted by molar-refractivity contribution is 0.451. The van der Waals surface area contributed by atoms with Crippen LogP contribution in [0.15, 0.2) is 40.9 Å². The van der Waals surface area contributed by atoms with Gasteiger partial charge in [0, 0.05) is 15.7 Å². The summed E-state index contributed by atoms with van der Waals surface area (Å²) in [5.74, 6) is 0.321. The summed E-state index contributed by atoms with van der Waals surface area (Å²) in [6, 6.07) is 10.4. The molecule has 0 fully saturated rings. The average Bonchev–Trinajstić information content (AvgIpc) is 2.35. The second-order valence-corrected chi connectivity index (χ2v) is 5.48. The van der Waals surface area contributed by atoms with Crippen molar-refractivity contribution in [1.82, 2.24) is 0 Å². The van der Waals surface area contributed by atoms with Crippen LogP contribution in [0.25, 0.3) is 0 Å². The number of phenolic OH excluding ortho intramolecular Hbond substituents is 2. The molecule has 2 rings (SSSR count). The molecule has 0 aliphatic carbocycles. The number of benzene rings is 2. The fourth-order valence-electron chi connectivity index (χ4n) is 1.99. The van der Waals surface area contributed by atoms with Crippen molar-refractivity contribution in [1.29, 1.82) is 0 Å². The summed E-state index contributed by atoms with van der Waals surface area (Å²) < 4.78 is 1.03. The van der Waals surface area contributed by atoms with Crippen LogP contribution in [0.1, 0.15) is 24.1 Å². The zero-order chi connectivity index (χ0) is 14.0. The van der Waals surface area contributed by atoms with Crippen LogP contribution in [0.4, 0.5) is 5.69 Å². The lowest BCUT2D eigenvalue weighted by Gasteiger charge is -2.18. The van der Waals surface area contributed by atoms with Crippen molar-refractivity contribution in [2.75, 3.05) is 5.32 Å². The van der Waals surface area contributed by atoms with Gasteiger partial charge in [0.25, 0.3) is 0 Å². The Morgan fingerprint density at radius 3 is 2.53 bits per heavy atom. The monoisotopic (exact) mass is 321 g/mol. The van der Waals surface area contributed by atoms with E-state index in [9.17, 15) is 10.2 Å². The third kappa shape index (κ3) is 3.20. The topological polar surface area (TPSA) is 52.5 Å². The number of halogens is 1. The van der Waals surface area contributed by atoms with Gasteiger partial charge in [0.05, 0.1) is 6.04 Å². The molecule has 0 saturated heterocycles. The lowest BCUT2D eigenvalue weighted by Crippen LogP contribution is -2.07. The van der Waals surface area contributed by atoms with E-state index < -0.39 is 0 Å². The summed E-state index contributed by atoms with van der Waals surface area (Å²) in [4.78, 5) is 0. The van der Waals surface area contributed by atoms with Gasteiger partial charge < -0.3 is 15.5 Å². The Balaban J connectivity index is 2.25. The highest BCUT2D eigenvalue weighted by molar-refractivity contribution is 9.10. The quantitative estimate of drug-likeness (QED) is 0.737. The molecule has 0 bridgehead atoms. The second kappa shape index (κ2) is 5.53. The number of anilines is 1. The van der Waals surface area contributed by atoms with Crippen LogP contribution in [0.3, 0.4) is 0 Å². The number of aryl methyl sites for hydroxylation is 1. The summed E-state index contributed by atoms with van der Waals surface area (Å²) in [6.45, 7) is 3.96. The highest BCUT2D eigenvalue weighted by Gasteiger charge is 2.12. The Labute approximate surface area is 121 Å². The summed E-state index contributed by atoms with van der Waals surface area (Å²) >= 11 is 3.43. The molecule has 1 atom stereocenters. The molecular weight excluding hydrogens is 306 g/mol. The van der Waals surface area contributed by atoms with Gasteiger partial charge >= 0.3 is 0 Å². The number of rotatable bonds is 3. The maximum absolute atomic E-state index is 9.84. The normalized spacial score (nSPS) is 12.2. The number of nitrogens with one attached hydrogen (secondary N) is 1. The van der Waals surface area contributed by atoms with Gasteiger partial charge in [-0.2, -0.15) is 0 Å². The zero-order valence-electron chi connectivity index (χ0n) is 10.8. The smallest absolute Gasteiger partial charge is 0.121 e. The molecule has 2 aromatic carbocycles. The Morgan fingerprint density at radius 2 is 1.84 bits per heavy atom. The maximum atomic E-state index is 9.84. The SMILES string of the molecule is Cc1cc(Br)ccc1NC(C)c1cc(O)ccc1O. The van der Waals surface area contributed by atoms with E-state index in [1.165, 1.54) is 12.1 Å². The van der Waals surface area contributed by atoms with Crippen molar-refractivity contribution in [3.63, 3.8) is 0 Å². The van der Waals surface area contributed by atoms with E-state index in [-0.39, 0.29) is 17.5 Å². The minimum absolute atomic E-state index is 0.105. The molecule has 1 unspecified atom stereocenters. The van der Waals surface area contributed by atoms with E-state index in [1.54, 1.807) is 6.07 Å². The van der Waals surface area contributed by atoms with Gasteiger partial charge in [0.15, 0.2) is 0 Å². The van der Waals surface area contributed by atoms with E-state index in [4.69, 9.17) is 0 Å². The Bertz CT molecular complexity index is 599. The van der Waals surface area contributed by atoms with Crippen LogP contribution in [-0.2, 0) is 0 Å². The Morgan fingerprint density at radius 1 is 1.11 bits per heavy atom. The van der Waals surface area contributed by atoms with Gasteiger partial charge in [-0.3, -0.25) is 0 Å². The van der Waals surface area contributed by atoms with Crippen LogP contribution in [-0.4, -0.2) is 10.2 Å². The van der Waals surface area contributed by atoms with Crippen LogP contribution in [0.2, 0.25) is 0 Å². The highest BCUT2D eigenvalue weighted by atomic mass is 79.9. The standard InChI is InChI=1S/C15H16BrNO2/c1-9-7-11(16)3-5-14(9)17-10(2)13-8-12(18)4-6-15(13)19/h3-8,10,17-19H,1-2H3. The fraction of sp³-hybridized carbons (Fsp3) is 0.200. The highest BCUT2D eigenvalue weighted by Crippen LogP contribution is 2.31. The van der Waals surface area contributed by atoms with Gasteiger partial charge in [-0.05, 0) is 55.8 Å². The van der Waals surface area contributed by atoms with E-state index in [1.807, 2.05) is 32.0 Å². The first-order valence-electron chi connectivity index (χ1n) is 6.02. The molecule has 0 radical (unpaired) electrons. The molecule has 2 aromatic rings. The summed E-state index contributed by atoms with van der Waals surface area (Å²) in [7, 11) is 0. The van der Waals surface area contributed by atoms with Gasteiger partial charge in [-0.15, -0.1) is 0 Å². The van der Waals surface area contributed by atoms with E-state index >= 15 is 0 Å². The molecule has 0 saturated carbocycles. The fourth-order valence-corrected chi connectivity index (χ4v) is 2.46. The molecule has 19 heavy (non-hydrogen) atoms. The van der Waals surface area contributed by atoms with Crippen LogP contribution in [0.5, 0.6) is 11.5 Å². The first kappa shape index (κ1) is 13.7. The minimum Gasteiger partial charge on any atom is -0.508 e. The summed E-state index contributed by atoms with van der Waals surface area (Å²) in [5.41, 5.74) is 2.78. The predicted octanol–water partition coefficient (Wildman–Crippen LogP) is 4.34. The maximum Gasteiger partial charge on any atom is 0.121 e. The number of hydrogen-bond acceptors (Lipinski definition) is 3. The minimum atomic E-state index is -0.105. The van der Waals surface area contributed by atoms with Crippen molar-refractivity contribution >= 4 is 21.6 Å². The van der Waals surface area contributed by atoms with Crippen LogP contribution < -0.4 is 5.32 Å². The predicted molar refractivity (Wildman–Crippen MR) is 80.7 cm³/mol. The summed E-state index contributed by atoms with van der Waals surface area (Å²) in [6.07, 6.45) is 0. The Kier molecular flexibility index (Phi) is 4.00. The number of hydrogen-bond donors (Lipinski definition) is 3. The van der Waals surface area contributed by atoms with Crippen molar-refractivity contribution in [2.24, 2.45) is 0 Å². The molecular formula is C15H16BrNO2. The third-order valence-corrected chi connectivity index (χ3v) is 3.53. The molecule has 3 N–H and O–H groups in total. The number of phenols is 2. The third-order valence-electron chi connectivity index (χ3n) is 3.04. The molecule has 4 heteroatoms. The first-order valence-corrected chi connectivity index (χ1v) is 6.81. The lowest BCUT2D eigenvalue weighted by atomic mass is 10.1. The van der Waals surface area contributed by atoms with Gasteiger partial charge in [0.2, 0.25) is 0 Å². The molecule has 0 heterocycles. The van der Waals surface area contributed by atoms with Crippen LogP contribution >= 0.6 is 15.9 Å². The first-order chi connectivity index (χ1) is 8.97. The molecule has 0 aliphatic rings. The molecule has 0 amide bonds. The largest absolute Gasteiger partial charge is 0.508 e. The molecule has 0 aliphatic heterocycles. The van der Waals surface area contributed by atoms with E-state index in [2.05, 4.69) is 21.2 Å². The van der Waals surface area contributed by atoms with Gasteiger partial charge in [0.1, 0.15) is 11.5 Å².